The second-order valence-electron chi connectivity index (χ2n) is 4.13. The minimum atomic E-state index is 0.300. The second kappa shape index (κ2) is 4.61. The van der Waals surface area contributed by atoms with E-state index in [9.17, 15) is 0 Å². The van der Waals surface area contributed by atoms with Gasteiger partial charge >= 0.3 is 6.01 Å². The summed E-state index contributed by atoms with van der Waals surface area (Å²) in [5.74, 6) is 1.39. The van der Waals surface area contributed by atoms with Crippen molar-refractivity contribution in [1.29, 1.82) is 0 Å². The van der Waals surface area contributed by atoms with Crippen molar-refractivity contribution in [2.24, 2.45) is 11.7 Å². The molecule has 1 aromatic heterocycles. The molecule has 0 aliphatic heterocycles. The third-order valence-corrected chi connectivity index (χ3v) is 2.78. The van der Waals surface area contributed by atoms with Gasteiger partial charge in [0.2, 0.25) is 5.89 Å². The van der Waals surface area contributed by atoms with E-state index >= 15 is 0 Å². The highest BCUT2D eigenvalue weighted by Gasteiger charge is 2.25. The van der Waals surface area contributed by atoms with Crippen molar-refractivity contribution in [3.05, 3.63) is 5.89 Å². The molecule has 0 aromatic carbocycles. The van der Waals surface area contributed by atoms with E-state index in [1.807, 2.05) is 0 Å². The number of rotatable bonds is 6. The maximum atomic E-state index is 5.39. The number of hydrogen-bond acceptors (Lipinski definition) is 5. The van der Waals surface area contributed by atoms with Gasteiger partial charge in [0.25, 0.3) is 0 Å². The van der Waals surface area contributed by atoms with Crippen molar-refractivity contribution in [2.45, 2.75) is 45.2 Å². The van der Waals surface area contributed by atoms with Crippen LogP contribution in [0.2, 0.25) is 0 Å². The molecule has 0 saturated heterocycles. The van der Waals surface area contributed by atoms with Crippen molar-refractivity contribution >= 4 is 6.01 Å². The van der Waals surface area contributed by atoms with Crippen molar-refractivity contribution < 1.29 is 4.42 Å². The summed E-state index contributed by atoms with van der Waals surface area (Å²) < 4.78 is 5.31. The molecule has 1 aromatic rings. The van der Waals surface area contributed by atoms with Crippen LogP contribution in [-0.2, 0) is 6.54 Å². The minimum Gasteiger partial charge on any atom is -0.407 e. The van der Waals surface area contributed by atoms with E-state index in [-0.39, 0.29) is 0 Å². The zero-order valence-electron chi connectivity index (χ0n) is 9.07. The first-order valence-electron chi connectivity index (χ1n) is 5.60. The Hall–Kier alpha value is -1.10. The van der Waals surface area contributed by atoms with Gasteiger partial charge in [-0.25, -0.2) is 0 Å². The first-order valence-corrected chi connectivity index (χ1v) is 5.60. The largest absolute Gasteiger partial charge is 0.407 e. The van der Waals surface area contributed by atoms with E-state index in [1.54, 1.807) is 0 Å². The van der Waals surface area contributed by atoms with Crippen molar-refractivity contribution in [3.8, 4) is 0 Å². The molecule has 1 atom stereocenters. The lowest BCUT2D eigenvalue weighted by Crippen LogP contribution is -2.19. The SMILES string of the molecule is CCC(CC1CC1)Nc1nnc(CN)o1. The first kappa shape index (κ1) is 10.4. The number of hydrogen-bond donors (Lipinski definition) is 2. The molecule has 5 heteroatoms. The maximum absolute atomic E-state index is 5.39. The summed E-state index contributed by atoms with van der Waals surface area (Å²) in [5, 5.41) is 11.0. The van der Waals surface area contributed by atoms with Gasteiger partial charge in [-0.3, -0.25) is 0 Å². The van der Waals surface area contributed by atoms with Crippen LogP contribution in [0.15, 0.2) is 4.42 Å². The van der Waals surface area contributed by atoms with Gasteiger partial charge in [-0.2, -0.15) is 0 Å². The van der Waals surface area contributed by atoms with E-state index in [1.165, 1.54) is 19.3 Å². The molecule has 5 nitrogen and oxygen atoms in total. The van der Waals surface area contributed by atoms with Crippen LogP contribution >= 0.6 is 0 Å². The van der Waals surface area contributed by atoms with E-state index < -0.39 is 0 Å². The third kappa shape index (κ3) is 2.92. The first-order chi connectivity index (χ1) is 7.31. The van der Waals surface area contributed by atoms with Gasteiger partial charge in [0.15, 0.2) is 0 Å². The molecule has 3 N–H and O–H groups in total. The fourth-order valence-electron chi connectivity index (χ4n) is 1.65. The Morgan fingerprint density at radius 3 is 2.87 bits per heavy atom. The molecule has 1 heterocycles. The molecule has 1 unspecified atom stereocenters. The number of nitrogens with two attached hydrogens (primary N) is 1. The molecule has 2 rings (SSSR count). The topological polar surface area (TPSA) is 77.0 Å². The summed E-state index contributed by atoms with van der Waals surface area (Å²) in [7, 11) is 0. The Bertz CT molecular complexity index is 308. The van der Waals surface area contributed by atoms with Crippen LogP contribution in [0.5, 0.6) is 0 Å². The average molecular weight is 210 g/mol. The Balaban J connectivity index is 1.86. The fourth-order valence-corrected chi connectivity index (χ4v) is 1.65. The minimum absolute atomic E-state index is 0.300. The highest BCUT2D eigenvalue weighted by Crippen LogP contribution is 2.34. The molecule has 1 aliphatic carbocycles. The van der Waals surface area contributed by atoms with Gasteiger partial charge in [-0.05, 0) is 18.8 Å². The molecule has 1 aliphatic rings. The molecule has 0 amide bonds. The molecule has 0 bridgehead atoms. The van der Waals surface area contributed by atoms with Gasteiger partial charge in [0.05, 0.1) is 6.54 Å². The normalized spacial score (nSPS) is 17.7. The quantitative estimate of drug-likeness (QED) is 0.744. The molecular weight excluding hydrogens is 192 g/mol. The van der Waals surface area contributed by atoms with Crippen LogP contribution < -0.4 is 11.1 Å². The van der Waals surface area contributed by atoms with Crippen LogP contribution in [0.4, 0.5) is 6.01 Å². The van der Waals surface area contributed by atoms with Crippen molar-refractivity contribution in [1.82, 2.24) is 10.2 Å². The molecule has 15 heavy (non-hydrogen) atoms. The highest BCUT2D eigenvalue weighted by molar-refractivity contribution is 5.19. The van der Waals surface area contributed by atoms with Crippen LogP contribution in [0.1, 0.15) is 38.5 Å². The van der Waals surface area contributed by atoms with Gasteiger partial charge in [-0.1, -0.05) is 24.9 Å². The average Bonchev–Trinajstić information content (AvgIpc) is 2.95. The summed E-state index contributed by atoms with van der Waals surface area (Å²) in [6.45, 7) is 2.47. The van der Waals surface area contributed by atoms with Gasteiger partial charge in [0.1, 0.15) is 0 Å². The molecule has 1 fully saturated rings. The Labute approximate surface area is 89.4 Å². The van der Waals surface area contributed by atoms with Crippen LogP contribution in [0.25, 0.3) is 0 Å². The van der Waals surface area contributed by atoms with Crippen LogP contribution in [0, 0.1) is 5.92 Å². The van der Waals surface area contributed by atoms with E-state index in [2.05, 4.69) is 22.4 Å². The lowest BCUT2D eigenvalue weighted by atomic mass is 10.1. The van der Waals surface area contributed by atoms with E-state index in [0.717, 1.165) is 12.3 Å². The Kier molecular flexibility index (Phi) is 3.20. The molecule has 1 saturated carbocycles. The van der Waals surface area contributed by atoms with Crippen LogP contribution in [0.3, 0.4) is 0 Å². The summed E-state index contributed by atoms with van der Waals surface area (Å²) >= 11 is 0. The maximum Gasteiger partial charge on any atom is 0.315 e. The number of anilines is 1. The smallest absolute Gasteiger partial charge is 0.315 e. The Morgan fingerprint density at radius 2 is 2.33 bits per heavy atom. The zero-order valence-corrected chi connectivity index (χ0v) is 9.07. The van der Waals surface area contributed by atoms with E-state index in [4.69, 9.17) is 10.2 Å². The molecule has 0 radical (unpaired) electrons. The highest BCUT2D eigenvalue weighted by atomic mass is 16.4. The van der Waals surface area contributed by atoms with Gasteiger partial charge in [0, 0.05) is 6.04 Å². The van der Waals surface area contributed by atoms with Crippen molar-refractivity contribution in [2.75, 3.05) is 5.32 Å². The third-order valence-electron chi connectivity index (χ3n) is 2.78. The standard InChI is InChI=1S/C10H18N4O/c1-2-8(5-7-3-4-7)12-10-14-13-9(6-11)15-10/h7-8H,2-6,11H2,1H3,(H,12,14). The molecular formula is C10H18N4O. The monoisotopic (exact) mass is 210 g/mol. The molecule has 0 spiro atoms. The lowest BCUT2D eigenvalue weighted by Gasteiger charge is -2.14. The summed E-state index contributed by atoms with van der Waals surface area (Å²) in [6.07, 6.45) is 5.03. The number of nitrogens with zero attached hydrogens (tertiary/aromatic N) is 2. The molecule has 84 valence electrons. The van der Waals surface area contributed by atoms with Gasteiger partial charge < -0.3 is 15.5 Å². The predicted octanol–water partition coefficient (Wildman–Crippen LogP) is 1.52. The van der Waals surface area contributed by atoms with E-state index in [0.29, 0.717) is 24.5 Å². The van der Waals surface area contributed by atoms with Crippen LogP contribution in [-0.4, -0.2) is 16.2 Å². The summed E-state index contributed by atoms with van der Waals surface area (Å²) in [5.41, 5.74) is 5.39. The second-order valence-corrected chi connectivity index (χ2v) is 4.13. The summed E-state index contributed by atoms with van der Waals surface area (Å²) in [4.78, 5) is 0. The number of aromatic nitrogens is 2. The van der Waals surface area contributed by atoms with Gasteiger partial charge in [-0.15, -0.1) is 5.10 Å². The predicted molar refractivity (Wildman–Crippen MR) is 57.2 cm³/mol. The Morgan fingerprint density at radius 1 is 1.53 bits per heavy atom. The van der Waals surface area contributed by atoms with Crippen molar-refractivity contribution in [3.63, 3.8) is 0 Å². The number of nitrogens with one attached hydrogen (secondary N) is 1. The lowest BCUT2D eigenvalue weighted by molar-refractivity contribution is 0.489. The fraction of sp³-hybridized carbons (Fsp3) is 0.800. The summed E-state index contributed by atoms with van der Waals surface area (Å²) in [6, 6.07) is 0.950. The zero-order chi connectivity index (χ0) is 10.7.